The quantitative estimate of drug-likeness (QED) is 0.779. The van der Waals surface area contributed by atoms with Gasteiger partial charge in [-0.25, -0.2) is 0 Å². The average Bonchev–Trinajstić information content (AvgIpc) is 2.53. The van der Waals surface area contributed by atoms with Crippen LogP contribution in [0.4, 0.5) is 0 Å². The van der Waals surface area contributed by atoms with Gasteiger partial charge in [-0.05, 0) is 45.3 Å². The Morgan fingerprint density at radius 2 is 2.00 bits per heavy atom. The smallest absolute Gasteiger partial charge is 0.0223 e. The minimum atomic E-state index is 0.696. The summed E-state index contributed by atoms with van der Waals surface area (Å²) in [6.45, 7) is 6.86. The molecule has 2 aliphatic heterocycles. The second kappa shape index (κ2) is 5.48. The molecule has 3 heteroatoms. The van der Waals surface area contributed by atoms with Crippen LogP contribution in [-0.2, 0) is 0 Å². The van der Waals surface area contributed by atoms with Gasteiger partial charge < -0.3 is 10.6 Å². The lowest BCUT2D eigenvalue weighted by molar-refractivity contribution is 0.197. The molecular formula is C13H27N3. The Balaban J connectivity index is 1.88. The Labute approximate surface area is 100.0 Å². The highest BCUT2D eigenvalue weighted by atomic mass is 15.3. The van der Waals surface area contributed by atoms with Crippen LogP contribution in [0.3, 0.4) is 0 Å². The van der Waals surface area contributed by atoms with Crippen molar-refractivity contribution in [2.24, 2.45) is 11.7 Å². The van der Waals surface area contributed by atoms with Gasteiger partial charge in [0.05, 0.1) is 0 Å². The molecule has 94 valence electrons. The molecule has 2 bridgehead atoms. The van der Waals surface area contributed by atoms with Crippen molar-refractivity contribution in [2.45, 2.75) is 44.7 Å². The van der Waals surface area contributed by atoms with E-state index in [1.807, 2.05) is 0 Å². The van der Waals surface area contributed by atoms with Gasteiger partial charge in [0.2, 0.25) is 0 Å². The first-order valence-corrected chi connectivity index (χ1v) is 6.89. The molecule has 3 nitrogen and oxygen atoms in total. The predicted molar refractivity (Wildman–Crippen MR) is 68.5 cm³/mol. The molecule has 2 N–H and O–H groups in total. The predicted octanol–water partition coefficient (Wildman–Crippen LogP) is 1.14. The monoisotopic (exact) mass is 225 g/mol. The van der Waals surface area contributed by atoms with Gasteiger partial charge in [0.25, 0.3) is 0 Å². The maximum atomic E-state index is 5.81. The molecule has 2 aliphatic rings. The molecular weight excluding hydrogens is 198 g/mol. The Morgan fingerprint density at radius 1 is 1.25 bits per heavy atom. The fraction of sp³-hybridized carbons (Fsp3) is 1.00. The second-order valence-corrected chi connectivity index (χ2v) is 5.61. The second-order valence-electron chi connectivity index (χ2n) is 5.61. The van der Waals surface area contributed by atoms with Crippen molar-refractivity contribution < 1.29 is 0 Å². The molecule has 0 aliphatic carbocycles. The van der Waals surface area contributed by atoms with Crippen LogP contribution in [0.15, 0.2) is 0 Å². The van der Waals surface area contributed by atoms with E-state index in [4.69, 9.17) is 5.73 Å². The summed E-state index contributed by atoms with van der Waals surface area (Å²) in [5.74, 6) is 0.696. The third kappa shape index (κ3) is 2.58. The molecule has 3 unspecified atom stereocenters. The van der Waals surface area contributed by atoms with Gasteiger partial charge in [-0.1, -0.05) is 13.3 Å². The standard InChI is InChI=1S/C13H27N3/c1-3-11(8-14)9-16-7-6-12-4-5-13(10-16)15(12)2/h11-13H,3-10,14H2,1-2H3. The van der Waals surface area contributed by atoms with Gasteiger partial charge in [0, 0.05) is 25.2 Å². The summed E-state index contributed by atoms with van der Waals surface area (Å²) in [6, 6.07) is 1.66. The molecule has 2 fully saturated rings. The topological polar surface area (TPSA) is 32.5 Å². The SMILES string of the molecule is CCC(CN)CN1CCC2CCC(C1)N2C. The van der Waals surface area contributed by atoms with Crippen LogP contribution in [0, 0.1) is 5.92 Å². The largest absolute Gasteiger partial charge is 0.330 e. The van der Waals surface area contributed by atoms with Crippen molar-refractivity contribution >= 4 is 0 Å². The van der Waals surface area contributed by atoms with Crippen LogP contribution in [-0.4, -0.2) is 55.1 Å². The summed E-state index contributed by atoms with van der Waals surface area (Å²) in [5, 5.41) is 0. The molecule has 0 saturated carbocycles. The highest BCUT2D eigenvalue weighted by Crippen LogP contribution is 2.28. The number of rotatable bonds is 4. The van der Waals surface area contributed by atoms with E-state index in [1.54, 1.807) is 0 Å². The molecule has 0 aromatic heterocycles. The van der Waals surface area contributed by atoms with Gasteiger partial charge in [0.1, 0.15) is 0 Å². The van der Waals surface area contributed by atoms with Crippen molar-refractivity contribution in [1.82, 2.24) is 9.80 Å². The van der Waals surface area contributed by atoms with Crippen molar-refractivity contribution in [3.8, 4) is 0 Å². The zero-order valence-corrected chi connectivity index (χ0v) is 10.9. The third-order valence-electron chi connectivity index (χ3n) is 4.66. The first kappa shape index (κ1) is 12.3. The van der Waals surface area contributed by atoms with Crippen molar-refractivity contribution in [1.29, 1.82) is 0 Å². The van der Waals surface area contributed by atoms with E-state index in [0.717, 1.165) is 18.6 Å². The Bertz CT molecular complexity index is 215. The summed E-state index contributed by atoms with van der Waals surface area (Å²) in [7, 11) is 2.31. The van der Waals surface area contributed by atoms with E-state index in [2.05, 4.69) is 23.8 Å². The number of nitrogens with zero attached hydrogens (tertiary/aromatic N) is 2. The summed E-state index contributed by atoms with van der Waals surface area (Å²) in [4.78, 5) is 5.27. The van der Waals surface area contributed by atoms with E-state index >= 15 is 0 Å². The molecule has 0 aromatic carbocycles. The van der Waals surface area contributed by atoms with Crippen molar-refractivity contribution in [2.75, 3.05) is 33.2 Å². The van der Waals surface area contributed by atoms with Gasteiger partial charge in [-0.2, -0.15) is 0 Å². The number of hydrogen-bond acceptors (Lipinski definition) is 3. The highest BCUT2D eigenvalue weighted by molar-refractivity contribution is 4.91. The zero-order valence-electron chi connectivity index (χ0n) is 10.9. The Morgan fingerprint density at radius 3 is 2.69 bits per heavy atom. The van der Waals surface area contributed by atoms with Gasteiger partial charge in [-0.15, -0.1) is 0 Å². The molecule has 0 spiro atoms. The molecule has 2 heterocycles. The maximum Gasteiger partial charge on any atom is 0.0223 e. The first-order chi connectivity index (χ1) is 7.74. The lowest BCUT2D eigenvalue weighted by atomic mass is 10.0. The van der Waals surface area contributed by atoms with Crippen molar-refractivity contribution in [3.05, 3.63) is 0 Å². The fourth-order valence-corrected chi connectivity index (χ4v) is 3.28. The minimum absolute atomic E-state index is 0.696. The van der Waals surface area contributed by atoms with Gasteiger partial charge in [-0.3, -0.25) is 4.90 Å². The van der Waals surface area contributed by atoms with Crippen LogP contribution in [0.1, 0.15) is 32.6 Å². The third-order valence-corrected chi connectivity index (χ3v) is 4.66. The summed E-state index contributed by atoms with van der Waals surface area (Å²) in [5.41, 5.74) is 5.81. The minimum Gasteiger partial charge on any atom is -0.330 e. The number of likely N-dealkylation sites (tertiary alicyclic amines) is 1. The molecule has 3 atom stereocenters. The Hall–Kier alpha value is -0.120. The van der Waals surface area contributed by atoms with E-state index in [-0.39, 0.29) is 0 Å². The number of nitrogens with two attached hydrogens (primary N) is 1. The number of fused-ring (bicyclic) bond motifs is 2. The van der Waals surface area contributed by atoms with Gasteiger partial charge in [0.15, 0.2) is 0 Å². The van der Waals surface area contributed by atoms with Crippen LogP contribution >= 0.6 is 0 Å². The van der Waals surface area contributed by atoms with E-state index < -0.39 is 0 Å². The van der Waals surface area contributed by atoms with E-state index in [1.165, 1.54) is 45.3 Å². The van der Waals surface area contributed by atoms with Crippen LogP contribution in [0.2, 0.25) is 0 Å². The van der Waals surface area contributed by atoms with E-state index in [9.17, 15) is 0 Å². The first-order valence-electron chi connectivity index (χ1n) is 6.89. The molecule has 0 aromatic rings. The van der Waals surface area contributed by atoms with Crippen LogP contribution < -0.4 is 5.73 Å². The molecule has 0 amide bonds. The average molecular weight is 225 g/mol. The summed E-state index contributed by atoms with van der Waals surface area (Å²) >= 11 is 0. The van der Waals surface area contributed by atoms with Crippen LogP contribution in [0.25, 0.3) is 0 Å². The summed E-state index contributed by atoms with van der Waals surface area (Å²) < 4.78 is 0. The Kier molecular flexibility index (Phi) is 4.22. The number of likely N-dealkylation sites (N-methyl/N-ethyl adjacent to an activating group) is 1. The molecule has 0 radical (unpaired) electrons. The number of hydrogen-bond donors (Lipinski definition) is 1. The fourth-order valence-electron chi connectivity index (χ4n) is 3.28. The molecule has 2 saturated heterocycles. The normalized spacial score (nSPS) is 33.9. The highest BCUT2D eigenvalue weighted by Gasteiger charge is 2.34. The zero-order chi connectivity index (χ0) is 11.5. The maximum absolute atomic E-state index is 5.81. The van der Waals surface area contributed by atoms with E-state index in [0.29, 0.717) is 5.92 Å². The summed E-state index contributed by atoms with van der Waals surface area (Å²) in [6.07, 6.45) is 5.39. The van der Waals surface area contributed by atoms with Crippen molar-refractivity contribution in [3.63, 3.8) is 0 Å². The van der Waals surface area contributed by atoms with Gasteiger partial charge >= 0.3 is 0 Å². The van der Waals surface area contributed by atoms with Crippen LogP contribution in [0.5, 0.6) is 0 Å². The lowest BCUT2D eigenvalue weighted by Gasteiger charge is -2.28. The lowest BCUT2D eigenvalue weighted by Crippen LogP contribution is -2.39. The molecule has 16 heavy (non-hydrogen) atoms. The molecule has 2 rings (SSSR count).